The van der Waals surface area contributed by atoms with Crippen LogP contribution in [0.4, 0.5) is 13.2 Å². The summed E-state index contributed by atoms with van der Waals surface area (Å²) in [5.41, 5.74) is 2.85. The molecule has 1 atom stereocenters. The average molecular weight is 380 g/mol. The van der Waals surface area contributed by atoms with Crippen molar-refractivity contribution < 1.29 is 17.9 Å². The van der Waals surface area contributed by atoms with Crippen molar-refractivity contribution in [2.24, 2.45) is 10.4 Å². The molecule has 2 spiro atoms. The Labute approximate surface area is 158 Å². The van der Waals surface area contributed by atoms with Crippen molar-refractivity contribution in [3.8, 4) is 0 Å². The summed E-state index contributed by atoms with van der Waals surface area (Å²) in [5.74, 6) is 0.509. The molecule has 1 unspecified atom stereocenters. The second kappa shape index (κ2) is 6.23. The molecule has 1 aliphatic heterocycles. The number of amidine groups is 1. The molecule has 0 saturated heterocycles. The van der Waals surface area contributed by atoms with Gasteiger partial charge >= 0.3 is 6.18 Å². The number of methoxy groups -OCH3 is 1. The molecule has 4 rings (SSSR count). The van der Waals surface area contributed by atoms with E-state index in [1.165, 1.54) is 10.5 Å². The van der Waals surface area contributed by atoms with Gasteiger partial charge in [-0.25, -0.2) is 0 Å². The van der Waals surface area contributed by atoms with Crippen molar-refractivity contribution in [2.75, 3.05) is 20.2 Å². The Morgan fingerprint density at radius 1 is 1.22 bits per heavy atom. The molecular weight excluding hydrogens is 353 g/mol. The van der Waals surface area contributed by atoms with Crippen molar-refractivity contribution in [3.05, 3.63) is 34.9 Å². The van der Waals surface area contributed by atoms with Crippen LogP contribution in [-0.4, -0.2) is 43.2 Å². The number of alkyl halides is 3. The number of ether oxygens (including phenoxy) is 1. The maximum atomic E-state index is 13.1. The van der Waals surface area contributed by atoms with E-state index in [1.807, 2.05) is 6.92 Å². The van der Waals surface area contributed by atoms with Gasteiger partial charge in [-0.3, -0.25) is 4.99 Å². The third-order valence-electron chi connectivity index (χ3n) is 6.94. The number of nitrogens with zero attached hydrogens (tertiary/aromatic N) is 2. The van der Waals surface area contributed by atoms with Gasteiger partial charge in [0.1, 0.15) is 12.1 Å². The van der Waals surface area contributed by atoms with Gasteiger partial charge in [0.25, 0.3) is 0 Å². The van der Waals surface area contributed by atoms with Gasteiger partial charge in [-0.05, 0) is 57.1 Å². The first-order valence-electron chi connectivity index (χ1n) is 9.69. The number of aliphatic imine (C=N–C) groups is 1. The second-order valence-corrected chi connectivity index (χ2v) is 8.54. The molecule has 0 amide bonds. The van der Waals surface area contributed by atoms with E-state index < -0.39 is 18.3 Å². The summed E-state index contributed by atoms with van der Waals surface area (Å²) in [5, 5.41) is 0. The minimum absolute atomic E-state index is 0.111. The van der Waals surface area contributed by atoms with Crippen LogP contribution >= 0.6 is 0 Å². The van der Waals surface area contributed by atoms with E-state index in [1.54, 1.807) is 14.0 Å². The normalized spacial score (nSPS) is 33.0. The SMILES string of the molecule is COC1CCC2(CC1)Cc1ccc(C)cc1C21CN(CC(F)(F)F)C(C)=N1. The molecule has 27 heavy (non-hydrogen) atoms. The molecule has 148 valence electrons. The Kier molecular flexibility index (Phi) is 4.33. The summed E-state index contributed by atoms with van der Waals surface area (Å²) < 4.78 is 45.0. The fourth-order valence-electron chi connectivity index (χ4n) is 5.59. The van der Waals surface area contributed by atoms with Crippen LogP contribution in [0.2, 0.25) is 0 Å². The van der Waals surface area contributed by atoms with Crippen LogP contribution in [0.1, 0.15) is 49.3 Å². The lowest BCUT2D eigenvalue weighted by Crippen LogP contribution is -2.49. The van der Waals surface area contributed by atoms with Gasteiger partial charge in [-0.15, -0.1) is 0 Å². The predicted octanol–water partition coefficient (Wildman–Crippen LogP) is 4.62. The van der Waals surface area contributed by atoms with Crippen LogP contribution in [0.15, 0.2) is 23.2 Å². The Balaban J connectivity index is 1.77. The zero-order valence-corrected chi connectivity index (χ0v) is 16.2. The lowest BCUT2D eigenvalue weighted by molar-refractivity contribution is -0.139. The first-order valence-corrected chi connectivity index (χ1v) is 9.69. The monoisotopic (exact) mass is 380 g/mol. The van der Waals surface area contributed by atoms with Gasteiger partial charge in [0, 0.05) is 19.1 Å². The van der Waals surface area contributed by atoms with Gasteiger partial charge in [0.2, 0.25) is 0 Å². The van der Waals surface area contributed by atoms with Crippen molar-refractivity contribution in [2.45, 2.75) is 63.8 Å². The smallest absolute Gasteiger partial charge is 0.381 e. The minimum atomic E-state index is -4.22. The van der Waals surface area contributed by atoms with Crippen LogP contribution < -0.4 is 0 Å². The Morgan fingerprint density at radius 2 is 1.93 bits per heavy atom. The topological polar surface area (TPSA) is 24.8 Å². The number of aryl methyl sites for hydroxylation is 1. The molecule has 1 fully saturated rings. The molecule has 3 nitrogen and oxygen atoms in total. The molecule has 1 saturated carbocycles. The summed E-state index contributed by atoms with van der Waals surface area (Å²) in [6, 6.07) is 6.41. The van der Waals surface area contributed by atoms with Crippen molar-refractivity contribution in [1.82, 2.24) is 4.90 Å². The fourth-order valence-corrected chi connectivity index (χ4v) is 5.59. The third-order valence-corrected chi connectivity index (χ3v) is 6.94. The lowest BCUT2D eigenvalue weighted by atomic mass is 9.61. The number of halogens is 3. The molecule has 0 bridgehead atoms. The summed E-state index contributed by atoms with van der Waals surface area (Å²) >= 11 is 0. The van der Waals surface area contributed by atoms with Crippen LogP contribution in [0, 0.1) is 12.3 Å². The summed E-state index contributed by atoms with van der Waals surface area (Å²) in [6.45, 7) is 3.16. The van der Waals surface area contributed by atoms with Crippen LogP contribution in [0.3, 0.4) is 0 Å². The summed E-state index contributed by atoms with van der Waals surface area (Å²) in [6.07, 6.45) is 0.687. The molecular formula is C21H27F3N2O. The number of fused-ring (bicyclic) bond motifs is 3. The molecule has 1 aromatic carbocycles. The largest absolute Gasteiger partial charge is 0.405 e. The number of rotatable bonds is 2. The van der Waals surface area contributed by atoms with E-state index in [9.17, 15) is 13.2 Å². The Bertz CT molecular complexity index is 765. The lowest BCUT2D eigenvalue weighted by Gasteiger charge is -2.46. The minimum Gasteiger partial charge on any atom is -0.381 e. The molecule has 0 radical (unpaired) electrons. The Hall–Kier alpha value is -1.56. The van der Waals surface area contributed by atoms with Crippen molar-refractivity contribution in [1.29, 1.82) is 0 Å². The van der Waals surface area contributed by atoms with Gasteiger partial charge in [0.05, 0.1) is 11.9 Å². The zero-order chi connectivity index (χ0) is 19.4. The van der Waals surface area contributed by atoms with Crippen molar-refractivity contribution >= 4 is 5.84 Å². The van der Waals surface area contributed by atoms with E-state index >= 15 is 0 Å². The maximum absolute atomic E-state index is 13.1. The number of hydrogen-bond donors (Lipinski definition) is 0. The first kappa shape index (κ1) is 18.8. The van der Waals surface area contributed by atoms with Crippen LogP contribution in [0.5, 0.6) is 0 Å². The Morgan fingerprint density at radius 3 is 2.56 bits per heavy atom. The van der Waals surface area contributed by atoms with E-state index in [2.05, 4.69) is 18.2 Å². The highest BCUT2D eigenvalue weighted by Gasteiger charge is 2.61. The van der Waals surface area contributed by atoms with E-state index in [-0.39, 0.29) is 11.5 Å². The second-order valence-electron chi connectivity index (χ2n) is 8.54. The van der Waals surface area contributed by atoms with Gasteiger partial charge < -0.3 is 9.64 Å². The maximum Gasteiger partial charge on any atom is 0.405 e. The first-order chi connectivity index (χ1) is 12.7. The molecule has 2 aliphatic carbocycles. The highest BCUT2D eigenvalue weighted by Crippen LogP contribution is 2.61. The number of benzene rings is 1. The molecule has 6 heteroatoms. The molecule has 0 aromatic heterocycles. The highest BCUT2D eigenvalue weighted by molar-refractivity contribution is 5.83. The van der Waals surface area contributed by atoms with E-state index in [4.69, 9.17) is 9.73 Å². The quantitative estimate of drug-likeness (QED) is 0.748. The van der Waals surface area contributed by atoms with Crippen LogP contribution in [0.25, 0.3) is 0 Å². The molecule has 3 aliphatic rings. The molecule has 1 heterocycles. The zero-order valence-electron chi connectivity index (χ0n) is 16.2. The summed E-state index contributed by atoms with van der Waals surface area (Å²) in [4.78, 5) is 6.43. The average Bonchev–Trinajstić information content (AvgIpc) is 3.04. The fraction of sp³-hybridized carbons (Fsp3) is 0.667. The highest BCUT2D eigenvalue weighted by atomic mass is 19.4. The standard InChI is InChI=1S/C21H27F3N2O/c1-14-4-5-16-11-19(8-6-17(27-3)7-9-19)20(18(16)10-14)12-26(15(2)25-20)13-21(22,23)24/h4-5,10,17H,6-9,11-13H2,1-3H3. The summed E-state index contributed by atoms with van der Waals surface area (Å²) in [7, 11) is 1.74. The molecule has 1 aromatic rings. The van der Waals surface area contributed by atoms with Gasteiger partial charge in [0.15, 0.2) is 0 Å². The van der Waals surface area contributed by atoms with E-state index in [0.29, 0.717) is 12.4 Å². The van der Waals surface area contributed by atoms with E-state index in [0.717, 1.165) is 43.2 Å². The van der Waals surface area contributed by atoms with Crippen molar-refractivity contribution in [3.63, 3.8) is 0 Å². The van der Waals surface area contributed by atoms with Gasteiger partial charge in [-0.1, -0.05) is 23.8 Å². The van der Waals surface area contributed by atoms with Crippen LogP contribution in [-0.2, 0) is 16.7 Å². The third kappa shape index (κ3) is 2.96. The molecule has 0 N–H and O–H groups in total. The van der Waals surface area contributed by atoms with Gasteiger partial charge in [-0.2, -0.15) is 13.2 Å². The number of hydrogen-bond acceptors (Lipinski definition) is 3. The predicted molar refractivity (Wildman–Crippen MR) is 99.0 cm³/mol.